The molecule has 0 saturated heterocycles. The van der Waals surface area contributed by atoms with Gasteiger partial charge in [-0.3, -0.25) is 9.20 Å². The smallest absolute Gasteiger partial charge is 0.416 e. The number of hydrogen-bond acceptors (Lipinski definition) is 6. The van der Waals surface area contributed by atoms with Crippen LogP contribution in [0, 0.1) is 5.41 Å². The van der Waals surface area contributed by atoms with Gasteiger partial charge in [0.05, 0.1) is 12.2 Å². The van der Waals surface area contributed by atoms with E-state index in [4.69, 9.17) is 15.5 Å². The van der Waals surface area contributed by atoms with Gasteiger partial charge in [-0.05, 0) is 68.4 Å². The third kappa shape index (κ3) is 4.45. The molecular formula is C28H27F3N6O2. The van der Waals surface area contributed by atoms with Gasteiger partial charge in [0.2, 0.25) is 0 Å². The quantitative estimate of drug-likeness (QED) is 0.309. The average Bonchev–Trinajstić information content (AvgIpc) is 3.22. The molecule has 1 aromatic carbocycles. The fourth-order valence-corrected chi connectivity index (χ4v) is 5.81. The number of alkyl halides is 3. The van der Waals surface area contributed by atoms with Gasteiger partial charge in [0, 0.05) is 35.6 Å². The number of pyridine rings is 1. The molecule has 3 N–H and O–H groups in total. The topological polar surface area (TPSA) is 107 Å². The molecule has 6 rings (SSSR count). The summed E-state index contributed by atoms with van der Waals surface area (Å²) in [6.07, 6.45) is 6.03. The molecule has 0 bridgehead atoms. The number of nitrogen functional groups attached to an aromatic ring is 1. The van der Waals surface area contributed by atoms with E-state index in [2.05, 4.69) is 15.3 Å². The number of rotatable bonds is 6. The van der Waals surface area contributed by atoms with Crippen molar-refractivity contribution in [3.63, 3.8) is 0 Å². The first-order chi connectivity index (χ1) is 18.7. The number of hydrogen-bond donors (Lipinski definition) is 2. The van der Waals surface area contributed by atoms with E-state index < -0.39 is 17.6 Å². The first kappa shape index (κ1) is 25.1. The maximum atomic E-state index is 13.1. The zero-order chi connectivity index (χ0) is 27.4. The minimum absolute atomic E-state index is 0.196. The van der Waals surface area contributed by atoms with Crippen molar-refractivity contribution in [2.45, 2.75) is 51.1 Å². The Morgan fingerprint density at radius 2 is 1.97 bits per heavy atom. The molecule has 3 heterocycles. The van der Waals surface area contributed by atoms with E-state index in [-0.39, 0.29) is 11.4 Å². The number of benzene rings is 1. The molecular weight excluding hydrogens is 509 g/mol. The van der Waals surface area contributed by atoms with Crippen molar-refractivity contribution in [3.05, 3.63) is 65.9 Å². The third-order valence-electron chi connectivity index (χ3n) is 7.88. The van der Waals surface area contributed by atoms with Gasteiger partial charge in [-0.25, -0.2) is 15.0 Å². The Labute approximate surface area is 222 Å². The van der Waals surface area contributed by atoms with Crippen LogP contribution in [-0.4, -0.2) is 31.9 Å². The Morgan fingerprint density at radius 3 is 2.67 bits per heavy atom. The van der Waals surface area contributed by atoms with Crippen molar-refractivity contribution >= 4 is 23.1 Å². The van der Waals surface area contributed by atoms with E-state index in [1.807, 2.05) is 17.5 Å². The Balaban J connectivity index is 1.34. The van der Waals surface area contributed by atoms with Crippen molar-refractivity contribution in [2.24, 2.45) is 5.41 Å². The van der Waals surface area contributed by atoms with Gasteiger partial charge in [0.25, 0.3) is 5.91 Å². The van der Waals surface area contributed by atoms with Gasteiger partial charge in [-0.1, -0.05) is 6.42 Å². The predicted molar refractivity (Wildman–Crippen MR) is 139 cm³/mol. The predicted octanol–water partition coefficient (Wildman–Crippen LogP) is 6.09. The lowest BCUT2D eigenvalue weighted by molar-refractivity contribution is -0.137. The summed E-state index contributed by atoms with van der Waals surface area (Å²) in [7, 11) is 0. The van der Waals surface area contributed by atoms with E-state index in [0.717, 1.165) is 37.0 Å². The average molecular weight is 537 g/mol. The number of amides is 1. The normalized spacial score (nSPS) is 16.6. The number of nitrogens with two attached hydrogens (primary N) is 1. The molecule has 3 aromatic heterocycles. The molecule has 8 nitrogen and oxygen atoms in total. The van der Waals surface area contributed by atoms with Crippen molar-refractivity contribution in [3.8, 4) is 17.0 Å². The minimum Gasteiger partial charge on any atom is -0.493 e. The number of fused-ring (bicyclic) bond motifs is 1. The van der Waals surface area contributed by atoms with Gasteiger partial charge in [-0.2, -0.15) is 13.2 Å². The monoisotopic (exact) mass is 536 g/mol. The lowest BCUT2D eigenvalue weighted by Crippen LogP contribution is -2.42. The third-order valence-corrected chi connectivity index (χ3v) is 7.88. The molecule has 0 unspecified atom stereocenters. The summed E-state index contributed by atoms with van der Waals surface area (Å²) in [5.74, 6) is 1.18. The van der Waals surface area contributed by atoms with E-state index >= 15 is 0 Å². The number of carbonyl (C=O) groups excluding carboxylic acids is 1. The molecule has 1 spiro atoms. The summed E-state index contributed by atoms with van der Waals surface area (Å²) >= 11 is 0. The van der Waals surface area contributed by atoms with Crippen molar-refractivity contribution < 1.29 is 22.7 Å². The second-order valence-electron chi connectivity index (χ2n) is 10.3. The highest BCUT2D eigenvalue weighted by atomic mass is 19.4. The molecule has 202 valence electrons. The van der Waals surface area contributed by atoms with Crippen molar-refractivity contribution in [2.75, 3.05) is 17.7 Å². The molecule has 1 amide bonds. The lowest BCUT2D eigenvalue weighted by atomic mass is 9.51. The highest BCUT2D eigenvalue weighted by Crippen LogP contribution is 2.62. The van der Waals surface area contributed by atoms with Gasteiger partial charge in [0.1, 0.15) is 34.4 Å². The van der Waals surface area contributed by atoms with E-state index in [1.54, 1.807) is 24.4 Å². The van der Waals surface area contributed by atoms with Crippen LogP contribution in [0.4, 0.5) is 24.8 Å². The van der Waals surface area contributed by atoms with Crippen LogP contribution in [0.25, 0.3) is 16.8 Å². The first-order valence-electron chi connectivity index (χ1n) is 12.9. The summed E-state index contributed by atoms with van der Waals surface area (Å²) in [5.41, 5.74) is 8.02. The molecule has 11 heteroatoms. The number of anilines is 2. The molecule has 2 aliphatic rings. The highest BCUT2D eigenvalue weighted by Gasteiger charge is 2.50. The Bertz CT molecular complexity index is 1570. The minimum atomic E-state index is -4.55. The number of carbonyl (C=O) groups is 1. The molecule has 39 heavy (non-hydrogen) atoms. The van der Waals surface area contributed by atoms with E-state index in [1.165, 1.54) is 19.3 Å². The zero-order valence-corrected chi connectivity index (χ0v) is 21.3. The van der Waals surface area contributed by atoms with Crippen LogP contribution >= 0.6 is 0 Å². The molecule has 0 aliphatic heterocycles. The number of ether oxygens (including phenoxy) is 1. The number of nitrogens with one attached hydrogen (secondary N) is 1. The van der Waals surface area contributed by atoms with Crippen LogP contribution in [0.5, 0.6) is 5.75 Å². The zero-order valence-electron chi connectivity index (χ0n) is 21.3. The number of imidazole rings is 1. The SMILES string of the molecule is CCOc1cc(C(=O)Nc2cc(C(F)(F)F)ccn2)ccc1-c1nc(C2CC3(CCC3)C2)n2ccnc(N)c12. The Hall–Kier alpha value is -4.15. The molecule has 0 atom stereocenters. The van der Waals surface area contributed by atoms with Crippen LogP contribution in [0.1, 0.15) is 66.7 Å². The second kappa shape index (κ2) is 9.25. The molecule has 2 saturated carbocycles. The summed E-state index contributed by atoms with van der Waals surface area (Å²) in [6.45, 7) is 2.15. The summed E-state index contributed by atoms with van der Waals surface area (Å²) in [4.78, 5) is 26.1. The van der Waals surface area contributed by atoms with Gasteiger partial charge < -0.3 is 15.8 Å². The van der Waals surface area contributed by atoms with Crippen LogP contribution in [0.15, 0.2) is 48.9 Å². The van der Waals surface area contributed by atoms with Crippen LogP contribution in [0.3, 0.4) is 0 Å². The largest absolute Gasteiger partial charge is 0.493 e. The fourth-order valence-electron chi connectivity index (χ4n) is 5.81. The van der Waals surface area contributed by atoms with E-state index in [0.29, 0.717) is 46.3 Å². The van der Waals surface area contributed by atoms with Gasteiger partial charge >= 0.3 is 6.18 Å². The van der Waals surface area contributed by atoms with Crippen LogP contribution in [-0.2, 0) is 6.18 Å². The summed E-state index contributed by atoms with van der Waals surface area (Å²) in [6, 6.07) is 6.47. The standard InChI is InChI=1S/C28H27F3N6O2/c1-2-39-20-12-16(26(38)35-21-13-18(6-9-33-21)28(29,30)31)4-5-19(20)22-23-24(32)34-10-11-37(23)25(36-22)17-14-27(15-17)7-3-8-27/h4-6,9-13,17H,2-3,7-8,14-15H2,1H3,(H2,32,34)(H,33,35,38). The molecule has 4 aromatic rings. The maximum Gasteiger partial charge on any atom is 0.416 e. The maximum absolute atomic E-state index is 13.1. The van der Waals surface area contributed by atoms with Crippen molar-refractivity contribution in [1.29, 1.82) is 0 Å². The van der Waals surface area contributed by atoms with Crippen LogP contribution in [0.2, 0.25) is 0 Å². The molecule has 2 aliphatic carbocycles. The Morgan fingerprint density at radius 1 is 1.18 bits per heavy atom. The Kier molecular flexibility index (Phi) is 5.96. The summed E-state index contributed by atoms with van der Waals surface area (Å²) in [5, 5.41) is 2.44. The number of nitrogens with zero attached hydrogens (tertiary/aromatic N) is 4. The first-order valence-corrected chi connectivity index (χ1v) is 12.9. The molecule has 2 fully saturated rings. The molecule has 0 radical (unpaired) electrons. The lowest BCUT2D eigenvalue weighted by Gasteiger charge is -2.53. The number of aromatic nitrogens is 4. The highest BCUT2D eigenvalue weighted by molar-refractivity contribution is 6.04. The van der Waals surface area contributed by atoms with Gasteiger partial charge in [0.15, 0.2) is 0 Å². The van der Waals surface area contributed by atoms with Crippen LogP contribution < -0.4 is 15.8 Å². The second-order valence-corrected chi connectivity index (χ2v) is 10.3. The van der Waals surface area contributed by atoms with Gasteiger partial charge in [-0.15, -0.1) is 0 Å². The van der Waals surface area contributed by atoms with E-state index in [9.17, 15) is 18.0 Å². The fraction of sp³-hybridized carbons (Fsp3) is 0.357. The number of halogens is 3. The summed E-state index contributed by atoms with van der Waals surface area (Å²) < 4.78 is 47.1. The van der Waals surface area contributed by atoms with Crippen molar-refractivity contribution in [1.82, 2.24) is 19.4 Å².